The lowest BCUT2D eigenvalue weighted by Crippen LogP contribution is -2.48. The molecule has 1 aromatic rings. The highest BCUT2D eigenvalue weighted by Gasteiger charge is 2.30. The van der Waals surface area contributed by atoms with Crippen LogP contribution in [0, 0.1) is 12.8 Å². The Labute approximate surface area is 149 Å². The summed E-state index contributed by atoms with van der Waals surface area (Å²) in [5, 5.41) is 10.4. The summed E-state index contributed by atoms with van der Waals surface area (Å²) < 4.78 is 24.5. The number of anilines is 1. The van der Waals surface area contributed by atoms with Crippen LogP contribution in [-0.2, 0) is 14.8 Å². The van der Waals surface area contributed by atoms with Crippen LogP contribution in [0.5, 0.6) is 0 Å². The second kappa shape index (κ2) is 7.33. The highest BCUT2D eigenvalue weighted by atomic mass is 32.2. The lowest BCUT2D eigenvalue weighted by molar-refractivity contribution is -0.127. The molecular weight excluding hydrogens is 342 g/mol. The lowest BCUT2D eigenvalue weighted by atomic mass is 9.96. The summed E-state index contributed by atoms with van der Waals surface area (Å²) in [4.78, 5) is 14.7. The minimum absolute atomic E-state index is 0.0715. The zero-order chi connectivity index (χ0) is 18.0. The number of carbonyl (C=O) groups excluding carboxylic acids is 1. The molecular formula is C16H27N5O3S. The van der Waals surface area contributed by atoms with E-state index in [1.165, 1.54) is 10.6 Å². The smallest absolute Gasteiger partial charge is 0.223 e. The van der Waals surface area contributed by atoms with Gasteiger partial charge < -0.3 is 10.2 Å². The van der Waals surface area contributed by atoms with E-state index in [9.17, 15) is 13.2 Å². The lowest BCUT2D eigenvalue weighted by Gasteiger charge is -2.34. The minimum atomic E-state index is -3.15. The van der Waals surface area contributed by atoms with Crippen molar-refractivity contribution in [1.82, 2.24) is 19.8 Å². The Morgan fingerprint density at radius 2 is 1.84 bits per heavy atom. The van der Waals surface area contributed by atoms with E-state index in [0.717, 1.165) is 37.4 Å². The molecule has 0 radical (unpaired) electrons. The van der Waals surface area contributed by atoms with Gasteiger partial charge in [-0.25, -0.2) is 12.7 Å². The molecule has 0 atom stereocenters. The van der Waals surface area contributed by atoms with E-state index in [0.29, 0.717) is 25.9 Å². The van der Waals surface area contributed by atoms with Crippen molar-refractivity contribution < 1.29 is 13.2 Å². The van der Waals surface area contributed by atoms with E-state index in [1.54, 1.807) is 0 Å². The van der Waals surface area contributed by atoms with Crippen LogP contribution >= 0.6 is 0 Å². The van der Waals surface area contributed by atoms with Crippen LogP contribution in [0.4, 0.5) is 5.82 Å². The zero-order valence-corrected chi connectivity index (χ0v) is 15.7. The minimum Gasteiger partial charge on any atom is -0.355 e. The summed E-state index contributed by atoms with van der Waals surface area (Å²) in [6.07, 6.45) is 4.23. The van der Waals surface area contributed by atoms with E-state index >= 15 is 0 Å². The van der Waals surface area contributed by atoms with Crippen molar-refractivity contribution in [2.45, 2.75) is 38.6 Å². The molecule has 3 heterocycles. The van der Waals surface area contributed by atoms with Crippen LogP contribution in [0.1, 0.15) is 31.4 Å². The fraction of sp³-hybridized carbons (Fsp3) is 0.750. The second-order valence-electron chi connectivity index (χ2n) is 7.12. The van der Waals surface area contributed by atoms with Gasteiger partial charge in [-0.15, -0.1) is 0 Å². The SMILES string of the molecule is Cc1cc(N2CCC(NC(=O)C3CCN(S(C)(=O)=O)CC3)CC2)n[nH]1. The van der Waals surface area contributed by atoms with E-state index in [2.05, 4.69) is 20.4 Å². The maximum Gasteiger partial charge on any atom is 0.223 e. The fourth-order valence-corrected chi connectivity index (χ4v) is 4.46. The summed E-state index contributed by atoms with van der Waals surface area (Å²) in [6.45, 7) is 4.61. The van der Waals surface area contributed by atoms with Gasteiger partial charge in [0.15, 0.2) is 5.82 Å². The van der Waals surface area contributed by atoms with Gasteiger partial charge in [-0.05, 0) is 32.6 Å². The number of aromatic amines is 1. The maximum atomic E-state index is 12.5. The number of hydrogen-bond acceptors (Lipinski definition) is 5. The first-order valence-electron chi connectivity index (χ1n) is 8.85. The molecule has 2 saturated heterocycles. The molecule has 0 aromatic carbocycles. The maximum absolute atomic E-state index is 12.5. The number of hydrogen-bond donors (Lipinski definition) is 2. The quantitative estimate of drug-likeness (QED) is 0.804. The summed E-state index contributed by atoms with van der Waals surface area (Å²) in [7, 11) is -3.15. The third kappa shape index (κ3) is 4.52. The number of nitrogens with zero attached hydrogens (tertiary/aromatic N) is 3. The molecule has 9 heteroatoms. The number of piperidine rings is 2. The number of nitrogens with one attached hydrogen (secondary N) is 2. The molecule has 0 bridgehead atoms. The molecule has 1 amide bonds. The molecule has 140 valence electrons. The van der Waals surface area contributed by atoms with Crippen molar-refractivity contribution in [3.05, 3.63) is 11.8 Å². The Morgan fingerprint density at radius 3 is 2.36 bits per heavy atom. The topological polar surface area (TPSA) is 98.4 Å². The molecule has 2 aliphatic rings. The molecule has 2 N–H and O–H groups in total. The van der Waals surface area contributed by atoms with Gasteiger partial charge in [0.25, 0.3) is 0 Å². The monoisotopic (exact) mass is 369 g/mol. The summed E-state index contributed by atoms with van der Waals surface area (Å²) in [5.74, 6) is 0.961. The largest absolute Gasteiger partial charge is 0.355 e. The molecule has 0 spiro atoms. The third-order valence-electron chi connectivity index (χ3n) is 5.15. The number of amides is 1. The van der Waals surface area contributed by atoms with Crippen LogP contribution in [0.3, 0.4) is 0 Å². The van der Waals surface area contributed by atoms with E-state index < -0.39 is 10.0 Å². The Bertz CT molecular complexity index is 701. The molecule has 0 aliphatic carbocycles. The van der Waals surface area contributed by atoms with Crippen LogP contribution in [0.2, 0.25) is 0 Å². The molecule has 25 heavy (non-hydrogen) atoms. The van der Waals surface area contributed by atoms with Gasteiger partial charge in [-0.3, -0.25) is 9.89 Å². The summed E-state index contributed by atoms with van der Waals surface area (Å²) in [5.41, 5.74) is 1.05. The molecule has 3 rings (SSSR count). The first-order valence-corrected chi connectivity index (χ1v) is 10.7. The molecule has 2 aliphatic heterocycles. The first-order chi connectivity index (χ1) is 11.8. The van der Waals surface area contributed by atoms with Gasteiger partial charge in [0.05, 0.1) is 6.26 Å². The van der Waals surface area contributed by atoms with Gasteiger partial charge in [0, 0.05) is 49.9 Å². The average molecular weight is 369 g/mol. The van der Waals surface area contributed by atoms with Crippen LogP contribution in [0.25, 0.3) is 0 Å². The Kier molecular flexibility index (Phi) is 5.33. The van der Waals surface area contributed by atoms with Crippen LogP contribution < -0.4 is 10.2 Å². The van der Waals surface area contributed by atoms with Crippen molar-refractivity contribution in [1.29, 1.82) is 0 Å². The molecule has 2 fully saturated rings. The van der Waals surface area contributed by atoms with E-state index in [-0.39, 0.29) is 17.9 Å². The van der Waals surface area contributed by atoms with Crippen molar-refractivity contribution in [3.8, 4) is 0 Å². The molecule has 1 aromatic heterocycles. The Morgan fingerprint density at radius 1 is 1.20 bits per heavy atom. The van der Waals surface area contributed by atoms with Gasteiger partial charge in [-0.2, -0.15) is 5.10 Å². The number of H-pyrrole nitrogens is 1. The second-order valence-corrected chi connectivity index (χ2v) is 9.10. The van der Waals surface area contributed by atoms with Gasteiger partial charge in [0.2, 0.25) is 15.9 Å². The van der Waals surface area contributed by atoms with Crippen LogP contribution in [0.15, 0.2) is 6.07 Å². The molecule has 8 nitrogen and oxygen atoms in total. The van der Waals surface area contributed by atoms with E-state index in [4.69, 9.17) is 0 Å². The normalized spacial score (nSPS) is 21.4. The molecule has 0 saturated carbocycles. The predicted octanol–water partition coefficient (Wildman–Crippen LogP) is 0.475. The standard InChI is InChI=1S/C16H27N5O3S/c1-12-11-15(19-18-12)20-7-5-14(6-8-20)17-16(22)13-3-9-21(10-4-13)25(2,23)24/h11,13-14H,3-10H2,1-2H3,(H,17,22)(H,18,19). The highest BCUT2D eigenvalue weighted by molar-refractivity contribution is 7.88. The fourth-order valence-electron chi connectivity index (χ4n) is 3.59. The highest BCUT2D eigenvalue weighted by Crippen LogP contribution is 2.22. The zero-order valence-electron chi connectivity index (χ0n) is 14.9. The predicted molar refractivity (Wildman–Crippen MR) is 95.8 cm³/mol. The van der Waals surface area contributed by atoms with Crippen molar-refractivity contribution in [3.63, 3.8) is 0 Å². The summed E-state index contributed by atoms with van der Waals surface area (Å²) in [6, 6.07) is 2.23. The number of aryl methyl sites for hydroxylation is 1. The number of carbonyl (C=O) groups is 1. The van der Waals surface area contributed by atoms with Gasteiger partial charge in [0.1, 0.15) is 0 Å². The van der Waals surface area contributed by atoms with Crippen LogP contribution in [-0.4, -0.2) is 67.3 Å². The average Bonchev–Trinajstić information content (AvgIpc) is 3.01. The first kappa shape index (κ1) is 18.2. The summed E-state index contributed by atoms with van der Waals surface area (Å²) >= 11 is 0. The van der Waals surface area contributed by atoms with Crippen molar-refractivity contribution in [2.75, 3.05) is 37.3 Å². The Balaban J connectivity index is 1.44. The Hall–Kier alpha value is -1.61. The third-order valence-corrected chi connectivity index (χ3v) is 6.45. The van der Waals surface area contributed by atoms with Crippen molar-refractivity contribution in [2.24, 2.45) is 5.92 Å². The van der Waals surface area contributed by atoms with Gasteiger partial charge in [-0.1, -0.05) is 0 Å². The number of rotatable bonds is 4. The molecule has 0 unspecified atom stereocenters. The van der Waals surface area contributed by atoms with Gasteiger partial charge >= 0.3 is 0 Å². The number of sulfonamides is 1. The van der Waals surface area contributed by atoms with E-state index in [1.807, 2.05) is 13.0 Å². The number of aromatic nitrogens is 2. The van der Waals surface area contributed by atoms with Crippen molar-refractivity contribution >= 4 is 21.7 Å².